The van der Waals surface area contributed by atoms with Gasteiger partial charge in [0.2, 0.25) is 0 Å². The first-order valence-electron chi connectivity index (χ1n) is 21.4. The SMILES string of the molecule is C(=Cc1ccc(-c2c3ccccc3c(-c3ccc(-c4cc(-c5ccccc5)cc(-c5ccccc5)c4)cc3)c3ccccc23)cc1)c1ccc(-c2ccc3ccccc3c2)cc1. The zero-order chi connectivity index (χ0) is 41.2. The molecule has 0 heterocycles. The van der Waals surface area contributed by atoms with Crippen molar-refractivity contribution < 1.29 is 0 Å². The van der Waals surface area contributed by atoms with Crippen LogP contribution in [0.1, 0.15) is 11.1 Å². The van der Waals surface area contributed by atoms with Crippen molar-refractivity contribution in [3.8, 4) is 66.8 Å². The number of fused-ring (bicyclic) bond motifs is 3. The zero-order valence-electron chi connectivity index (χ0n) is 34.2. The van der Waals surface area contributed by atoms with E-state index in [0.29, 0.717) is 0 Å². The van der Waals surface area contributed by atoms with Crippen LogP contribution in [-0.2, 0) is 0 Å². The van der Waals surface area contributed by atoms with Crippen molar-refractivity contribution in [2.24, 2.45) is 0 Å². The van der Waals surface area contributed by atoms with Crippen molar-refractivity contribution in [1.29, 1.82) is 0 Å². The van der Waals surface area contributed by atoms with E-state index >= 15 is 0 Å². The molecule has 0 aliphatic heterocycles. The summed E-state index contributed by atoms with van der Waals surface area (Å²) in [5.74, 6) is 0. The largest absolute Gasteiger partial charge is 0.0622 e. The van der Waals surface area contributed by atoms with Crippen LogP contribution in [0.4, 0.5) is 0 Å². The van der Waals surface area contributed by atoms with Gasteiger partial charge >= 0.3 is 0 Å². The molecule has 11 aromatic carbocycles. The summed E-state index contributed by atoms with van der Waals surface area (Å²) in [5.41, 5.74) is 17.0. The minimum Gasteiger partial charge on any atom is -0.0622 e. The Balaban J connectivity index is 0.913. The lowest BCUT2D eigenvalue weighted by Gasteiger charge is -2.18. The highest BCUT2D eigenvalue weighted by Crippen LogP contribution is 2.44. The van der Waals surface area contributed by atoms with Crippen LogP contribution in [0, 0.1) is 0 Å². The third kappa shape index (κ3) is 7.19. The number of rotatable bonds is 8. The monoisotopic (exact) mass is 786 g/mol. The Kier molecular flexibility index (Phi) is 9.65. The molecule has 0 radical (unpaired) electrons. The Labute approximate surface area is 363 Å². The van der Waals surface area contributed by atoms with Crippen molar-refractivity contribution in [1.82, 2.24) is 0 Å². The zero-order valence-corrected chi connectivity index (χ0v) is 34.2. The Hall–Kier alpha value is -8.06. The quantitative estimate of drug-likeness (QED) is 0.106. The fourth-order valence-corrected chi connectivity index (χ4v) is 9.08. The summed E-state index contributed by atoms with van der Waals surface area (Å²) in [6, 6.07) is 88.4. The summed E-state index contributed by atoms with van der Waals surface area (Å²) in [5, 5.41) is 7.54. The van der Waals surface area contributed by atoms with Gasteiger partial charge in [-0.05, 0) is 134 Å². The fourth-order valence-electron chi connectivity index (χ4n) is 9.08. The Morgan fingerprint density at radius 1 is 0.194 bits per heavy atom. The summed E-state index contributed by atoms with van der Waals surface area (Å²) >= 11 is 0. The second-order valence-corrected chi connectivity index (χ2v) is 16.1. The first-order chi connectivity index (χ1) is 30.7. The van der Waals surface area contributed by atoms with E-state index in [1.807, 2.05) is 0 Å². The molecule has 0 N–H and O–H groups in total. The van der Waals surface area contributed by atoms with Gasteiger partial charge in [-0.1, -0.05) is 231 Å². The predicted octanol–water partition coefficient (Wildman–Crippen LogP) is 17.3. The second kappa shape index (κ2) is 16.2. The molecule has 11 rings (SSSR count). The minimum atomic E-state index is 1.17. The van der Waals surface area contributed by atoms with Crippen LogP contribution in [0.25, 0.3) is 111 Å². The Bertz CT molecular complexity index is 3280. The molecule has 0 spiro atoms. The molecule has 290 valence electrons. The van der Waals surface area contributed by atoms with Gasteiger partial charge in [-0.3, -0.25) is 0 Å². The molecule has 0 unspecified atom stereocenters. The van der Waals surface area contributed by atoms with Gasteiger partial charge in [0, 0.05) is 0 Å². The molecule has 62 heavy (non-hydrogen) atoms. The first kappa shape index (κ1) is 37.0. The lowest BCUT2D eigenvalue weighted by Crippen LogP contribution is -1.91. The number of hydrogen-bond donors (Lipinski definition) is 0. The number of benzene rings is 11. The van der Waals surface area contributed by atoms with E-state index in [0.717, 1.165) is 0 Å². The van der Waals surface area contributed by atoms with Gasteiger partial charge < -0.3 is 0 Å². The average molecular weight is 787 g/mol. The second-order valence-electron chi connectivity index (χ2n) is 16.1. The molecule has 0 atom stereocenters. The lowest BCUT2D eigenvalue weighted by atomic mass is 9.85. The van der Waals surface area contributed by atoms with Crippen molar-refractivity contribution >= 4 is 44.5 Å². The van der Waals surface area contributed by atoms with Crippen LogP contribution in [0.2, 0.25) is 0 Å². The van der Waals surface area contributed by atoms with E-state index in [1.54, 1.807) is 0 Å². The highest BCUT2D eigenvalue weighted by atomic mass is 14.2. The smallest absolute Gasteiger partial charge is 0.00264 e. The van der Waals surface area contributed by atoms with E-state index in [9.17, 15) is 0 Å². The molecule has 0 bridgehead atoms. The molecule has 0 aliphatic carbocycles. The van der Waals surface area contributed by atoms with Gasteiger partial charge in [0.1, 0.15) is 0 Å². The van der Waals surface area contributed by atoms with Gasteiger partial charge in [0.05, 0.1) is 0 Å². The summed E-state index contributed by atoms with van der Waals surface area (Å²) in [4.78, 5) is 0. The molecule has 0 nitrogen and oxygen atoms in total. The fraction of sp³-hybridized carbons (Fsp3) is 0. The van der Waals surface area contributed by atoms with Gasteiger partial charge in [-0.2, -0.15) is 0 Å². The van der Waals surface area contributed by atoms with Crippen LogP contribution >= 0.6 is 0 Å². The van der Waals surface area contributed by atoms with Crippen LogP contribution in [0.3, 0.4) is 0 Å². The molecule has 0 amide bonds. The van der Waals surface area contributed by atoms with Crippen LogP contribution in [-0.4, -0.2) is 0 Å². The van der Waals surface area contributed by atoms with Crippen LogP contribution in [0.5, 0.6) is 0 Å². The first-order valence-corrected chi connectivity index (χ1v) is 21.4. The predicted molar refractivity (Wildman–Crippen MR) is 267 cm³/mol. The van der Waals surface area contributed by atoms with Crippen molar-refractivity contribution in [3.05, 3.63) is 254 Å². The highest BCUT2D eigenvalue weighted by molar-refractivity contribution is 6.21. The van der Waals surface area contributed by atoms with Crippen molar-refractivity contribution in [2.45, 2.75) is 0 Å². The standard InChI is InChI=1S/C62H42/c1-3-13-45(14-4-1)54-40-55(46-15-5-2-6-16-46)42-56(41-54)49-33-36-51(37-34-49)62-59-21-11-9-19-57(59)61(58-20-10-12-22-60(58)62)50-31-27-44(28-32-50)24-23-43-25-29-48(30-26-43)53-38-35-47-17-7-8-18-52(47)39-53/h1-42H. The maximum absolute atomic E-state index is 2.32. The van der Waals surface area contributed by atoms with E-state index < -0.39 is 0 Å². The molecule has 0 saturated carbocycles. The van der Waals surface area contributed by atoms with Gasteiger partial charge in [0.25, 0.3) is 0 Å². The summed E-state index contributed by atoms with van der Waals surface area (Å²) < 4.78 is 0. The van der Waals surface area contributed by atoms with E-state index in [2.05, 4.69) is 255 Å². The van der Waals surface area contributed by atoms with Crippen molar-refractivity contribution in [3.63, 3.8) is 0 Å². The third-order valence-corrected chi connectivity index (χ3v) is 12.2. The normalized spacial score (nSPS) is 11.5. The topological polar surface area (TPSA) is 0 Å². The van der Waals surface area contributed by atoms with Crippen LogP contribution in [0.15, 0.2) is 243 Å². The molecule has 0 heteroatoms. The van der Waals surface area contributed by atoms with E-state index in [4.69, 9.17) is 0 Å². The molecule has 0 saturated heterocycles. The number of hydrogen-bond acceptors (Lipinski definition) is 0. The molecule has 11 aromatic rings. The average Bonchev–Trinajstić information content (AvgIpc) is 3.35. The van der Waals surface area contributed by atoms with E-state index in [1.165, 1.54) is 110 Å². The molecule has 0 aliphatic rings. The maximum atomic E-state index is 2.32. The molecule has 0 fully saturated rings. The lowest BCUT2D eigenvalue weighted by molar-refractivity contribution is 1.56. The molecular weight excluding hydrogens is 745 g/mol. The minimum absolute atomic E-state index is 1.17. The van der Waals surface area contributed by atoms with Gasteiger partial charge in [0.15, 0.2) is 0 Å². The highest BCUT2D eigenvalue weighted by Gasteiger charge is 2.17. The Morgan fingerprint density at radius 2 is 0.516 bits per heavy atom. The molecular formula is C62H42. The maximum Gasteiger partial charge on any atom is -0.00264 e. The van der Waals surface area contributed by atoms with Crippen LogP contribution < -0.4 is 0 Å². The Morgan fingerprint density at radius 3 is 0.984 bits per heavy atom. The van der Waals surface area contributed by atoms with E-state index in [-0.39, 0.29) is 0 Å². The summed E-state index contributed by atoms with van der Waals surface area (Å²) in [7, 11) is 0. The summed E-state index contributed by atoms with van der Waals surface area (Å²) in [6.07, 6.45) is 4.41. The van der Waals surface area contributed by atoms with Crippen molar-refractivity contribution in [2.75, 3.05) is 0 Å². The summed E-state index contributed by atoms with van der Waals surface area (Å²) in [6.45, 7) is 0. The van der Waals surface area contributed by atoms with Gasteiger partial charge in [-0.15, -0.1) is 0 Å². The third-order valence-electron chi connectivity index (χ3n) is 12.2. The molecule has 0 aromatic heterocycles. The van der Waals surface area contributed by atoms with Gasteiger partial charge in [-0.25, -0.2) is 0 Å².